The maximum absolute atomic E-state index is 11.7. The van der Waals surface area contributed by atoms with Crippen LogP contribution in [0.15, 0.2) is 54.6 Å². The minimum atomic E-state index is -0.576. The van der Waals surface area contributed by atoms with Gasteiger partial charge in [0.05, 0.1) is 7.11 Å². The van der Waals surface area contributed by atoms with Crippen LogP contribution in [-0.4, -0.2) is 25.6 Å². The molecule has 0 heterocycles. The van der Waals surface area contributed by atoms with Crippen LogP contribution < -0.4 is 10.1 Å². The summed E-state index contributed by atoms with van der Waals surface area (Å²) < 4.78 is 10.0. The number of carbonyl (C=O) groups is 2. The summed E-state index contributed by atoms with van der Waals surface area (Å²) in [4.78, 5) is 23.4. The molecule has 0 atom stereocenters. The Balaban J connectivity index is 1.74. The van der Waals surface area contributed by atoms with Crippen LogP contribution in [0.4, 0.5) is 0 Å². The zero-order valence-electron chi connectivity index (χ0n) is 14.3. The van der Waals surface area contributed by atoms with Gasteiger partial charge in [0.1, 0.15) is 5.75 Å². The minimum Gasteiger partial charge on any atom is -0.497 e. The van der Waals surface area contributed by atoms with Crippen LogP contribution in [0, 0.1) is 6.92 Å². The number of hydrogen-bond acceptors (Lipinski definition) is 4. The summed E-state index contributed by atoms with van der Waals surface area (Å²) in [6.07, 6.45) is 2.89. The van der Waals surface area contributed by atoms with Gasteiger partial charge in [0.25, 0.3) is 5.91 Å². The predicted molar refractivity (Wildman–Crippen MR) is 96.0 cm³/mol. The molecule has 5 heteroatoms. The molecular weight excluding hydrogens is 318 g/mol. The molecule has 1 amide bonds. The van der Waals surface area contributed by atoms with Crippen LogP contribution in [0.2, 0.25) is 0 Å². The number of ether oxygens (including phenoxy) is 2. The van der Waals surface area contributed by atoms with Crippen molar-refractivity contribution in [3.8, 4) is 5.75 Å². The maximum atomic E-state index is 11.7. The second kappa shape index (κ2) is 9.27. The van der Waals surface area contributed by atoms with Gasteiger partial charge < -0.3 is 14.8 Å². The van der Waals surface area contributed by atoms with E-state index in [1.165, 1.54) is 6.08 Å². The number of hydrogen-bond donors (Lipinski definition) is 1. The average Bonchev–Trinajstić information content (AvgIpc) is 2.64. The lowest BCUT2D eigenvalue weighted by Gasteiger charge is -2.06. The number of amides is 1. The fourth-order valence-corrected chi connectivity index (χ4v) is 2.05. The molecule has 0 saturated heterocycles. The monoisotopic (exact) mass is 339 g/mol. The standard InChI is InChI=1S/C20H21NO4/c1-15-6-8-17(9-7-15)13-21-19(22)14-25-20(23)11-10-16-4-3-5-18(12-16)24-2/h3-12H,13-14H2,1-2H3,(H,21,22)/b11-10+. The highest BCUT2D eigenvalue weighted by Crippen LogP contribution is 2.13. The molecule has 25 heavy (non-hydrogen) atoms. The van der Waals surface area contributed by atoms with Gasteiger partial charge in [-0.15, -0.1) is 0 Å². The van der Waals surface area contributed by atoms with E-state index in [1.54, 1.807) is 19.3 Å². The summed E-state index contributed by atoms with van der Waals surface area (Å²) in [6.45, 7) is 2.09. The Morgan fingerprint density at radius 3 is 2.60 bits per heavy atom. The Morgan fingerprint density at radius 1 is 1.12 bits per heavy atom. The molecule has 0 aliphatic rings. The van der Waals surface area contributed by atoms with Gasteiger partial charge >= 0.3 is 5.97 Å². The van der Waals surface area contributed by atoms with Crippen molar-refractivity contribution in [1.82, 2.24) is 5.32 Å². The third-order valence-electron chi connectivity index (χ3n) is 3.46. The van der Waals surface area contributed by atoms with Crippen molar-refractivity contribution in [1.29, 1.82) is 0 Å². The number of rotatable bonds is 7. The van der Waals surface area contributed by atoms with Gasteiger partial charge in [-0.1, -0.05) is 42.0 Å². The summed E-state index contributed by atoms with van der Waals surface area (Å²) >= 11 is 0. The fraction of sp³-hybridized carbons (Fsp3) is 0.200. The van der Waals surface area contributed by atoms with Crippen LogP contribution in [-0.2, 0) is 20.9 Å². The molecule has 0 radical (unpaired) electrons. The topological polar surface area (TPSA) is 64.6 Å². The summed E-state index contributed by atoms with van der Waals surface area (Å²) in [5.41, 5.74) is 2.95. The lowest BCUT2D eigenvalue weighted by Crippen LogP contribution is -2.28. The summed E-state index contributed by atoms with van der Waals surface area (Å²) in [5.74, 6) is -0.219. The lowest BCUT2D eigenvalue weighted by molar-refractivity contribution is -0.143. The first kappa shape index (κ1) is 18.3. The van der Waals surface area contributed by atoms with E-state index in [4.69, 9.17) is 9.47 Å². The summed E-state index contributed by atoms with van der Waals surface area (Å²) in [5, 5.41) is 2.71. The van der Waals surface area contributed by atoms with E-state index in [1.807, 2.05) is 49.4 Å². The number of methoxy groups -OCH3 is 1. The Bertz CT molecular complexity index is 751. The van der Waals surface area contributed by atoms with Crippen LogP contribution in [0.25, 0.3) is 6.08 Å². The molecule has 2 aromatic carbocycles. The first-order chi connectivity index (χ1) is 12.1. The van der Waals surface area contributed by atoms with Gasteiger partial charge in [-0.2, -0.15) is 0 Å². The molecule has 0 saturated carbocycles. The molecule has 2 rings (SSSR count). The quantitative estimate of drug-likeness (QED) is 0.622. The summed E-state index contributed by atoms with van der Waals surface area (Å²) in [7, 11) is 1.58. The minimum absolute atomic E-state index is 0.312. The zero-order chi connectivity index (χ0) is 18.1. The molecule has 1 N–H and O–H groups in total. The van der Waals surface area contributed by atoms with E-state index in [0.717, 1.165) is 16.7 Å². The van der Waals surface area contributed by atoms with Gasteiger partial charge in [0.15, 0.2) is 6.61 Å². The number of benzene rings is 2. The van der Waals surface area contributed by atoms with E-state index >= 15 is 0 Å². The van der Waals surface area contributed by atoms with Crippen LogP contribution in [0.1, 0.15) is 16.7 Å². The zero-order valence-corrected chi connectivity index (χ0v) is 14.3. The molecule has 0 aromatic heterocycles. The van der Waals surface area contributed by atoms with E-state index < -0.39 is 5.97 Å². The molecule has 0 bridgehead atoms. The Labute approximate surface area is 147 Å². The molecule has 0 spiro atoms. The fourth-order valence-electron chi connectivity index (χ4n) is 2.05. The predicted octanol–water partition coefficient (Wildman–Crippen LogP) is 2.88. The van der Waals surface area contributed by atoms with Gasteiger partial charge in [-0.05, 0) is 36.3 Å². The van der Waals surface area contributed by atoms with E-state index in [9.17, 15) is 9.59 Å². The highest BCUT2D eigenvalue weighted by Gasteiger charge is 2.05. The SMILES string of the molecule is COc1cccc(/C=C/C(=O)OCC(=O)NCc2ccc(C)cc2)c1. The van der Waals surface area contributed by atoms with E-state index in [2.05, 4.69) is 5.32 Å². The second-order valence-corrected chi connectivity index (χ2v) is 5.48. The van der Waals surface area contributed by atoms with Gasteiger partial charge in [0, 0.05) is 12.6 Å². The van der Waals surface area contributed by atoms with Crippen molar-refractivity contribution < 1.29 is 19.1 Å². The number of nitrogens with one attached hydrogen (secondary N) is 1. The van der Waals surface area contributed by atoms with Crippen LogP contribution >= 0.6 is 0 Å². The molecule has 0 fully saturated rings. The van der Waals surface area contributed by atoms with Crippen molar-refractivity contribution in [2.24, 2.45) is 0 Å². The Morgan fingerprint density at radius 2 is 1.88 bits per heavy atom. The second-order valence-electron chi connectivity index (χ2n) is 5.48. The molecule has 2 aromatic rings. The molecule has 0 aliphatic heterocycles. The Hall–Kier alpha value is -3.08. The number of esters is 1. The van der Waals surface area contributed by atoms with E-state index in [0.29, 0.717) is 12.3 Å². The summed E-state index contributed by atoms with van der Waals surface area (Å²) in [6, 6.07) is 15.1. The molecule has 0 unspecified atom stereocenters. The highest BCUT2D eigenvalue weighted by molar-refractivity contribution is 5.89. The number of aryl methyl sites for hydroxylation is 1. The first-order valence-corrected chi connectivity index (χ1v) is 7.88. The van der Waals surface area contributed by atoms with Crippen molar-refractivity contribution in [3.63, 3.8) is 0 Å². The Kier molecular flexibility index (Phi) is 6.77. The van der Waals surface area contributed by atoms with Crippen molar-refractivity contribution in [2.75, 3.05) is 13.7 Å². The lowest BCUT2D eigenvalue weighted by atomic mass is 10.1. The normalized spacial score (nSPS) is 10.5. The van der Waals surface area contributed by atoms with Crippen LogP contribution in [0.5, 0.6) is 5.75 Å². The molecular formula is C20H21NO4. The largest absolute Gasteiger partial charge is 0.497 e. The van der Waals surface area contributed by atoms with Gasteiger partial charge in [0.2, 0.25) is 0 Å². The van der Waals surface area contributed by atoms with Crippen molar-refractivity contribution in [2.45, 2.75) is 13.5 Å². The highest BCUT2D eigenvalue weighted by atomic mass is 16.5. The van der Waals surface area contributed by atoms with E-state index in [-0.39, 0.29) is 12.5 Å². The average molecular weight is 339 g/mol. The van der Waals surface area contributed by atoms with Crippen LogP contribution in [0.3, 0.4) is 0 Å². The smallest absolute Gasteiger partial charge is 0.331 e. The van der Waals surface area contributed by atoms with Crippen molar-refractivity contribution >= 4 is 18.0 Å². The maximum Gasteiger partial charge on any atom is 0.331 e. The van der Waals surface area contributed by atoms with Crippen molar-refractivity contribution in [3.05, 3.63) is 71.3 Å². The third-order valence-corrected chi connectivity index (χ3v) is 3.46. The molecule has 5 nitrogen and oxygen atoms in total. The first-order valence-electron chi connectivity index (χ1n) is 7.88. The van der Waals surface area contributed by atoms with Gasteiger partial charge in [-0.25, -0.2) is 4.79 Å². The number of carbonyl (C=O) groups excluding carboxylic acids is 2. The van der Waals surface area contributed by atoms with Gasteiger partial charge in [-0.3, -0.25) is 4.79 Å². The third kappa shape index (κ3) is 6.51. The molecule has 0 aliphatic carbocycles. The molecule has 130 valence electrons.